The smallest absolute Gasteiger partial charge is 0.257 e. The Morgan fingerprint density at radius 1 is 1.32 bits per heavy atom. The third-order valence-corrected chi connectivity index (χ3v) is 2.46. The molecule has 1 aromatic rings. The summed E-state index contributed by atoms with van der Waals surface area (Å²) in [6.45, 7) is 6.63. The largest absolute Gasteiger partial charge is 0.494 e. The fraction of sp³-hybridized carbons (Fsp3) is 0.429. The molecule has 1 amide bonds. The lowest BCUT2D eigenvalue weighted by Gasteiger charge is -2.12. The van der Waals surface area contributed by atoms with Gasteiger partial charge in [-0.05, 0) is 56.8 Å². The summed E-state index contributed by atoms with van der Waals surface area (Å²) in [5, 5.41) is 5.93. The first-order valence-electron chi connectivity index (χ1n) is 6.37. The highest BCUT2D eigenvalue weighted by atomic mass is 32.1. The van der Waals surface area contributed by atoms with E-state index in [1.54, 1.807) is 24.3 Å². The third-order valence-electron chi connectivity index (χ3n) is 2.24. The normalized spacial score (nSPS) is 10.1. The Bertz CT molecular complexity index is 430. The summed E-state index contributed by atoms with van der Waals surface area (Å²) in [6, 6.07) is 7.20. The summed E-state index contributed by atoms with van der Waals surface area (Å²) < 4.78 is 5.45. The van der Waals surface area contributed by atoms with Crippen LogP contribution in [0.25, 0.3) is 0 Å². The first kappa shape index (κ1) is 15.4. The van der Waals surface area contributed by atoms with Gasteiger partial charge in [0.25, 0.3) is 5.91 Å². The van der Waals surface area contributed by atoms with Crippen molar-refractivity contribution in [3.05, 3.63) is 29.8 Å². The molecular weight excluding hydrogens is 260 g/mol. The van der Waals surface area contributed by atoms with Gasteiger partial charge in [0.05, 0.1) is 6.61 Å². The molecule has 0 aliphatic carbocycles. The van der Waals surface area contributed by atoms with Crippen LogP contribution in [0, 0.1) is 0 Å². The second-order valence-electron chi connectivity index (χ2n) is 4.46. The number of carbonyl (C=O) groups is 1. The van der Waals surface area contributed by atoms with Crippen molar-refractivity contribution in [3.63, 3.8) is 0 Å². The number of hydrogen-bond acceptors (Lipinski definition) is 3. The Balaban J connectivity index is 2.55. The summed E-state index contributed by atoms with van der Waals surface area (Å²) in [6.07, 6.45) is 0.956. The highest BCUT2D eigenvalue weighted by Gasteiger charge is 2.08. The van der Waals surface area contributed by atoms with Gasteiger partial charge >= 0.3 is 0 Å². The van der Waals surface area contributed by atoms with Crippen molar-refractivity contribution in [1.29, 1.82) is 0 Å². The first-order chi connectivity index (χ1) is 9.02. The van der Waals surface area contributed by atoms with E-state index < -0.39 is 0 Å². The molecule has 0 saturated heterocycles. The summed E-state index contributed by atoms with van der Waals surface area (Å²) in [5.41, 5.74) is 0.553. The zero-order chi connectivity index (χ0) is 14.3. The molecule has 0 atom stereocenters. The van der Waals surface area contributed by atoms with E-state index in [2.05, 4.69) is 10.6 Å². The monoisotopic (exact) mass is 280 g/mol. The van der Waals surface area contributed by atoms with E-state index in [-0.39, 0.29) is 11.9 Å². The lowest BCUT2D eigenvalue weighted by atomic mass is 10.2. The predicted molar refractivity (Wildman–Crippen MR) is 80.6 cm³/mol. The summed E-state index contributed by atoms with van der Waals surface area (Å²) in [4.78, 5) is 11.9. The minimum absolute atomic E-state index is 0.192. The van der Waals surface area contributed by atoms with Crippen molar-refractivity contribution in [2.45, 2.75) is 33.2 Å². The molecule has 104 valence electrons. The summed E-state index contributed by atoms with van der Waals surface area (Å²) >= 11 is 5.02. The molecule has 0 saturated carbocycles. The van der Waals surface area contributed by atoms with E-state index in [9.17, 15) is 4.79 Å². The van der Waals surface area contributed by atoms with Crippen LogP contribution < -0.4 is 15.4 Å². The standard InChI is InChI=1S/C14H20N2O2S/c1-4-9-18-12-7-5-11(6-8-12)13(17)16-14(19)15-10(2)3/h5-8,10H,4,9H2,1-3H3,(H2,15,16,17,19). The molecule has 0 unspecified atom stereocenters. The van der Waals surface area contributed by atoms with Crippen LogP contribution in [0.1, 0.15) is 37.6 Å². The molecule has 19 heavy (non-hydrogen) atoms. The van der Waals surface area contributed by atoms with Crippen LogP contribution in [0.2, 0.25) is 0 Å². The molecule has 0 aliphatic heterocycles. The van der Waals surface area contributed by atoms with E-state index in [0.717, 1.165) is 12.2 Å². The van der Waals surface area contributed by atoms with Crippen molar-refractivity contribution in [2.75, 3.05) is 6.61 Å². The average molecular weight is 280 g/mol. The molecule has 0 aromatic heterocycles. The molecule has 0 fully saturated rings. The van der Waals surface area contributed by atoms with Crippen molar-refractivity contribution in [2.24, 2.45) is 0 Å². The van der Waals surface area contributed by atoms with Gasteiger partial charge in [-0.3, -0.25) is 10.1 Å². The first-order valence-corrected chi connectivity index (χ1v) is 6.78. The number of nitrogens with one attached hydrogen (secondary N) is 2. The molecule has 2 N–H and O–H groups in total. The van der Waals surface area contributed by atoms with Gasteiger partial charge in [-0.1, -0.05) is 6.92 Å². The van der Waals surface area contributed by atoms with Crippen molar-refractivity contribution >= 4 is 23.2 Å². The van der Waals surface area contributed by atoms with Crippen LogP contribution in [0.3, 0.4) is 0 Å². The Morgan fingerprint density at radius 3 is 2.47 bits per heavy atom. The van der Waals surface area contributed by atoms with E-state index in [1.807, 2.05) is 20.8 Å². The van der Waals surface area contributed by atoms with Crippen molar-refractivity contribution in [3.8, 4) is 5.75 Å². The topological polar surface area (TPSA) is 50.4 Å². The Morgan fingerprint density at radius 2 is 1.95 bits per heavy atom. The number of thiocarbonyl (C=S) groups is 1. The number of amides is 1. The zero-order valence-corrected chi connectivity index (χ0v) is 12.3. The van der Waals surface area contributed by atoms with Crippen LogP contribution in [0.5, 0.6) is 5.75 Å². The number of ether oxygens (including phenoxy) is 1. The molecule has 0 radical (unpaired) electrons. The maximum atomic E-state index is 11.9. The minimum Gasteiger partial charge on any atom is -0.494 e. The van der Waals surface area contributed by atoms with E-state index in [0.29, 0.717) is 17.3 Å². The molecule has 4 nitrogen and oxygen atoms in total. The van der Waals surface area contributed by atoms with Gasteiger partial charge in [0.1, 0.15) is 5.75 Å². The SMILES string of the molecule is CCCOc1ccc(C(=O)NC(=S)NC(C)C)cc1. The van der Waals surface area contributed by atoms with Gasteiger partial charge in [0.2, 0.25) is 0 Å². The number of hydrogen-bond donors (Lipinski definition) is 2. The van der Waals surface area contributed by atoms with Gasteiger partial charge in [0, 0.05) is 11.6 Å². The lowest BCUT2D eigenvalue weighted by Crippen LogP contribution is -2.42. The molecule has 5 heteroatoms. The Kier molecular flexibility index (Phi) is 6.29. The Hall–Kier alpha value is -1.62. The Labute approximate surface area is 119 Å². The number of carbonyl (C=O) groups excluding carboxylic acids is 1. The van der Waals surface area contributed by atoms with Crippen molar-refractivity contribution < 1.29 is 9.53 Å². The van der Waals surface area contributed by atoms with Gasteiger partial charge in [-0.2, -0.15) is 0 Å². The number of benzene rings is 1. The quantitative estimate of drug-likeness (QED) is 0.814. The highest BCUT2D eigenvalue weighted by Crippen LogP contribution is 2.12. The fourth-order valence-corrected chi connectivity index (χ4v) is 1.72. The van der Waals surface area contributed by atoms with Crippen LogP contribution >= 0.6 is 12.2 Å². The van der Waals surface area contributed by atoms with Crippen LogP contribution in [0.15, 0.2) is 24.3 Å². The second kappa shape index (κ2) is 7.74. The molecular formula is C14H20N2O2S. The summed E-state index contributed by atoms with van der Waals surface area (Å²) in [7, 11) is 0. The van der Waals surface area contributed by atoms with E-state index in [4.69, 9.17) is 17.0 Å². The van der Waals surface area contributed by atoms with Gasteiger partial charge < -0.3 is 10.1 Å². The van der Waals surface area contributed by atoms with E-state index in [1.165, 1.54) is 0 Å². The van der Waals surface area contributed by atoms with Crippen LogP contribution in [0.4, 0.5) is 0 Å². The predicted octanol–water partition coefficient (Wildman–Crippen LogP) is 2.49. The van der Waals surface area contributed by atoms with Gasteiger partial charge in [0.15, 0.2) is 5.11 Å². The number of rotatable bonds is 5. The van der Waals surface area contributed by atoms with Gasteiger partial charge in [-0.25, -0.2) is 0 Å². The molecule has 1 rings (SSSR count). The molecule has 0 aliphatic rings. The molecule has 0 heterocycles. The third kappa shape index (κ3) is 5.70. The maximum Gasteiger partial charge on any atom is 0.257 e. The molecule has 1 aromatic carbocycles. The van der Waals surface area contributed by atoms with E-state index >= 15 is 0 Å². The maximum absolute atomic E-state index is 11.9. The second-order valence-corrected chi connectivity index (χ2v) is 4.86. The lowest BCUT2D eigenvalue weighted by molar-refractivity contribution is 0.0976. The van der Waals surface area contributed by atoms with Crippen LogP contribution in [-0.4, -0.2) is 23.7 Å². The molecule has 0 bridgehead atoms. The summed E-state index contributed by atoms with van der Waals surface area (Å²) in [5.74, 6) is 0.543. The fourth-order valence-electron chi connectivity index (χ4n) is 1.40. The van der Waals surface area contributed by atoms with Crippen molar-refractivity contribution in [1.82, 2.24) is 10.6 Å². The minimum atomic E-state index is -0.222. The highest BCUT2D eigenvalue weighted by molar-refractivity contribution is 7.80. The van der Waals surface area contributed by atoms with Crippen LogP contribution in [-0.2, 0) is 0 Å². The average Bonchev–Trinajstić information content (AvgIpc) is 2.35. The zero-order valence-electron chi connectivity index (χ0n) is 11.5. The van der Waals surface area contributed by atoms with Gasteiger partial charge in [-0.15, -0.1) is 0 Å². The molecule has 0 spiro atoms.